The molecule has 0 aliphatic heterocycles. The van der Waals surface area contributed by atoms with Crippen molar-refractivity contribution in [2.45, 2.75) is 40.0 Å². The summed E-state index contributed by atoms with van der Waals surface area (Å²) < 4.78 is 3.12. The molecule has 0 saturated carbocycles. The zero-order chi connectivity index (χ0) is 15.4. The lowest BCUT2D eigenvalue weighted by atomic mass is 9.99. The van der Waals surface area contributed by atoms with Crippen LogP contribution in [0.3, 0.4) is 0 Å². The van der Waals surface area contributed by atoms with E-state index in [0.717, 1.165) is 28.9 Å². The Morgan fingerprint density at radius 1 is 1.29 bits per heavy atom. The van der Waals surface area contributed by atoms with Crippen LogP contribution in [-0.2, 0) is 0 Å². The molecular weight excluding hydrogens is 326 g/mol. The third-order valence-corrected chi connectivity index (χ3v) is 4.47. The van der Waals surface area contributed by atoms with Crippen LogP contribution in [0.15, 0.2) is 28.7 Å². The number of aromatic nitrogens is 2. The average Bonchev–Trinajstić information content (AvgIpc) is 2.74. The average molecular weight is 350 g/mol. The smallest absolute Gasteiger partial charge is 0.0790 e. The number of rotatable bonds is 6. The van der Waals surface area contributed by atoms with Gasteiger partial charge in [0.15, 0.2) is 0 Å². The first-order valence-corrected chi connectivity index (χ1v) is 8.37. The number of hydrogen-bond acceptors (Lipinski definition) is 2. The zero-order valence-corrected chi connectivity index (χ0v) is 14.9. The summed E-state index contributed by atoms with van der Waals surface area (Å²) in [5.41, 5.74) is 4.80. The highest BCUT2D eigenvalue weighted by molar-refractivity contribution is 9.10. The molecule has 3 nitrogen and oxygen atoms in total. The van der Waals surface area contributed by atoms with E-state index in [4.69, 9.17) is 5.10 Å². The Kier molecular flexibility index (Phi) is 5.59. The summed E-state index contributed by atoms with van der Waals surface area (Å²) in [7, 11) is 0. The van der Waals surface area contributed by atoms with E-state index in [1.165, 1.54) is 17.7 Å². The van der Waals surface area contributed by atoms with E-state index in [-0.39, 0.29) is 0 Å². The molecule has 4 heteroatoms. The Balaban J connectivity index is 2.32. The van der Waals surface area contributed by atoms with Gasteiger partial charge in [-0.15, -0.1) is 0 Å². The Hall–Kier alpha value is -1.13. The van der Waals surface area contributed by atoms with Crippen LogP contribution < -0.4 is 5.32 Å². The predicted molar refractivity (Wildman–Crippen MR) is 92.3 cm³/mol. The molecule has 0 saturated heterocycles. The molecule has 21 heavy (non-hydrogen) atoms. The largest absolute Gasteiger partial charge is 0.316 e. The van der Waals surface area contributed by atoms with Crippen molar-refractivity contribution in [1.82, 2.24) is 15.1 Å². The molecule has 0 aliphatic rings. The Labute approximate surface area is 135 Å². The fourth-order valence-electron chi connectivity index (χ4n) is 2.82. The van der Waals surface area contributed by atoms with Crippen LogP contribution in [0.2, 0.25) is 0 Å². The number of benzene rings is 1. The van der Waals surface area contributed by atoms with E-state index >= 15 is 0 Å². The number of aryl methyl sites for hydroxylation is 1. The molecule has 2 rings (SSSR count). The SMILES string of the molecule is CCCNCC(C)c1c(C)nn(-c2ccccc2Br)c1C. The lowest BCUT2D eigenvalue weighted by Gasteiger charge is -2.14. The minimum Gasteiger partial charge on any atom is -0.316 e. The highest BCUT2D eigenvalue weighted by atomic mass is 79.9. The minimum atomic E-state index is 0.466. The third-order valence-electron chi connectivity index (χ3n) is 3.80. The summed E-state index contributed by atoms with van der Waals surface area (Å²) >= 11 is 3.62. The van der Waals surface area contributed by atoms with E-state index < -0.39 is 0 Å². The summed E-state index contributed by atoms with van der Waals surface area (Å²) in [6, 6.07) is 8.21. The van der Waals surface area contributed by atoms with Crippen molar-refractivity contribution in [3.05, 3.63) is 45.7 Å². The van der Waals surface area contributed by atoms with Crippen molar-refractivity contribution in [1.29, 1.82) is 0 Å². The number of hydrogen-bond donors (Lipinski definition) is 1. The van der Waals surface area contributed by atoms with Gasteiger partial charge in [-0.05, 0) is 60.8 Å². The second kappa shape index (κ2) is 7.23. The summed E-state index contributed by atoms with van der Waals surface area (Å²) in [5.74, 6) is 0.466. The maximum atomic E-state index is 4.75. The van der Waals surface area contributed by atoms with Crippen LogP contribution in [0.4, 0.5) is 0 Å². The van der Waals surface area contributed by atoms with Gasteiger partial charge >= 0.3 is 0 Å². The zero-order valence-electron chi connectivity index (χ0n) is 13.3. The lowest BCUT2D eigenvalue weighted by molar-refractivity contribution is 0.605. The molecule has 0 radical (unpaired) electrons. The van der Waals surface area contributed by atoms with Crippen LogP contribution in [-0.4, -0.2) is 22.9 Å². The van der Waals surface area contributed by atoms with Gasteiger partial charge in [0.1, 0.15) is 0 Å². The van der Waals surface area contributed by atoms with Gasteiger partial charge in [-0.1, -0.05) is 26.0 Å². The van der Waals surface area contributed by atoms with Crippen molar-refractivity contribution in [2.75, 3.05) is 13.1 Å². The molecule has 0 fully saturated rings. The van der Waals surface area contributed by atoms with Crippen molar-refractivity contribution >= 4 is 15.9 Å². The first kappa shape index (κ1) is 16.2. The molecule has 0 spiro atoms. The standard InChI is InChI=1S/C17H24BrN3/c1-5-10-19-11-12(2)17-13(3)20-21(14(17)4)16-9-7-6-8-15(16)18/h6-9,12,19H,5,10-11H2,1-4H3. The topological polar surface area (TPSA) is 29.9 Å². The van der Waals surface area contributed by atoms with Crippen molar-refractivity contribution in [3.63, 3.8) is 0 Å². The Bertz CT molecular complexity index is 604. The van der Waals surface area contributed by atoms with Gasteiger partial charge in [0.2, 0.25) is 0 Å². The van der Waals surface area contributed by atoms with E-state index in [1.807, 2.05) is 16.8 Å². The van der Waals surface area contributed by atoms with E-state index in [2.05, 4.69) is 61.1 Å². The van der Waals surface area contributed by atoms with Crippen LogP contribution in [0, 0.1) is 13.8 Å². The van der Waals surface area contributed by atoms with E-state index in [9.17, 15) is 0 Å². The van der Waals surface area contributed by atoms with Gasteiger partial charge in [0, 0.05) is 22.3 Å². The summed E-state index contributed by atoms with van der Waals surface area (Å²) in [6.07, 6.45) is 1.17. The summed E-state index contributed by atoms with van der Waals surface area (Å²) in [4.78, 5) is 0. The minimum absolute atomic E-state index is 0.466. The lowest BCUT2D eigenvalue weighted by Crippen LogP contribution is -2.21. The van der Waals surface area contributed by atoms with E-state index in [0.29, 0.717) is 5.92 Å². The molecule has 1 heterocycles. The van der Waals surface area contributed by atoms with Crippen molar-refractivity contribution in [3.8, 4) is 5.69 Å². The maximum Gasteiger partial charge on any atom is 0.0790 e. The monoisotopic (exact) mass is 349 g/mol. The highest BCUT2D eigenvalue weighted by Gasteiger charge is 2.18. The molecule has 1 N–H and O–H groups in total. The van der Waals surface area contributed by atoms with Crippen LogP contribution in [0.5, 0.6) is 0 Å². The second-order valence-electron chi connectivity index (χ2n) is 5.55. The fourth-order valence-corrected chi connectivity index (χ4v) is 3.28. The molecule has 0 amide bonds. The Morgan fingerprint density at radius 2 is 2.00 bits per heavy atom. The molecule has 0 aliphatic carbocycles. The summed E-state index contributed by atoms with van der Waals surface area (Å²) in [5, 5.41) is 8.25. The molecule has 1 unspecified atom stereocenters. The maximum absolute atomic E-state index is 4.75. The first-order chi connectivity index (χ1) is 10.1. The quantitative estimate of drug-likeness (QED) is 0.785. The number of halogens is 1. The first-order valence-electron chi connectivity index (χ1n) is 7.58. The van der Waals surface area contributed by atoms with Gasteiger partial charge < -0.3 is 5.32 Å². The fraction of sp³-hybridized carbons (Fsp3) is 0.471. The van der Waals surface area contributed by atoms with Crippen LogP contribution in [0.1, 0.15) is 43.1 Å². The second-order valence-corrected chi connectivity index (χ2v) is 6.41. The molecule has 1 aromatic carbocycles. The normalized spacial score (nSPS) is 12.6. The number of nitrogens with one attached hydrogen (secondary N) is 1. The van der Waals surface area contributed by atoms with Crippen LogP contribution in [0.25, 0.3) is 5.69 Å². The van der Waals surface area contributed by atoms with Gasteiger partial charge in [-0.25, -0.2) is 4.68 Å². The van der Waals surface area contributed by atoms with E-state index in [1.54, 1.807) is 0 Å². The van der Waals surface area contributed by atoms with Crippen LogP contribution >= 0.6 is 15.9 Å². The molecule has 0 bridgehead atoms. The summed E-state index contributed by atoms with van der Waals surface area (Å²) in [6.45, 7) is 10.8. The molecule has 1 aromatic heterocycles. The molecule has 1 atom stereocenters. The number of nitrogens with zero attached hydrogens (tertiary/aromatic N) is 2. The highest BCUT2D eigenvalue weighted by Crippen LogP contribution is 2.28. The van der Waals surface area contributed by atoms with Gasteiger partial charge in [0.25, 0.3) is 0 Å². The van der Waals surface area contributed by atoms with Gasteiger partial charge in [0.05, 0.1) is 11.4 Å². The third kappa shape index (κ3) is 3.55. The molecule has 114 valence electrons. The number of para-hydroxylation sites is 1. The van der Waals surface area contributed by atoms with Crippen molar-refractivity contribution in [2.24, 2.45) is 0 Å². The molecular formula is C17H24BrN3. The Morgan fingerprint density at radius 3 is 2.67 bits per heavy atom. The van der Waals surface area contributed by atoms with Gasteiger partial charge in [-0.3, -0.25) is 0 Å². The van der Waals surface area contributed by atoms with Gasteiger partial charge in [-0.2, -0.15) is 5.10 Å². The van der Waals surface area contributed by atoms with Crippen molar-refractivity contribution < 1.29 is 0 Å². The molecule has 2 aromatic rings. The predicted octanol–water partition coefficient (Wildman–Crippen LogP) is 4.35.